The Labute approximate surface area is 210 Å². The van der Waals surface area contributed by atoms with Crippen LogP contribution in [0.1, 0.15) is 35.4 Å². The van der Waals surface area contributed by atoms with Crippen molar-refractivity contribution >= 4 is 11.9 Å². The molecule has 0 fully saturated rings. The maximum atomic E-state index is 13.5. The molecule has 0 saturated carbocycles. The summed E-state index contributed by atoms with van der Waals surface area (Å²) in [6, 6.07) is 13.6. The molecule has 190 valence electrons. The fourth-order valence-electron chi connectivity index (χ4n) is 4.38. The Kier molecular flexibility index (Phi) is 7.68. The number of nitrogens with one attached hydrogen (secondary N) is 2. The number of nitrogens with zero attached hydrogens (tertiary/aromatic N) is 1. The van der Waals surface area contributed by atoms with Crippen molar-refractivity contribution in [2.24, 2.45) is 0 Å². The fourth-order valence-corrected chi connectivity index (χ4v) is 4.38. The molecule has 0 radical (unpaired) electrons. The first kappa shape index (κ1) is 25.0. The number of methoxy groups -OCH3 is 3. The molecule has 3 aromatic rings. The predicted octanol–water partition coefficient (Wildman–Crippen LogP) is 3.67. The Hall–Kier alpha value is -4.14. The van der Waals surface area contributed by atoms with Crippen LogP contribution in [-0.4, -0.2) is 50.8 Å². The van der Waals surface area contributed by atoms with Crippen LogP contribution in [0.25, 0.3) is 0 Å². The highest BCUT2D eigenvalue weighted by Crippen LogP contribution is 2.41. The second-order valence-corrected chi connectivity index (χ2v) is 8.49. The van der Waals surface area contributed by atoms with E-state index in [2.05, 4.69) is 10.6 Å². The first-order valence-corrected chi connectivity index (χ1v) is 11.7. The van der Waals surface area contributed by atoms with Gasteiger partial charge in [-0.15, -0.1) is 0 Å². The molecule has 1 aliphatic rings. The normalized spacial score (nSPS) is 15.4. The predicted molar refractivity (Wildman–Crippen MR) is 133 cm³/mol. The van der Waals surface area contributed by atoms with Gasteiger partial charge in [0.1, 0.15) is 17.6 Å². The number of benzene rings is 2. The molecule has 2 heterocycles. The molecule has 0 saturated heterocycles. The summed E-state index contributed by atoms with van der Waals surface area (Å²) >= 11 is 0. The molecule has 3 amide bonds. The van der Waals surface area contributed by atoms with Crippen LogP contribution < -0.4 is 24.8 Å². The zero-order valence-corrected chi connectivity index (χ0v) is 20.9. The Morgan fingerprint density at radius 3 is 2.42 bits per heavy atom. The third-order valence-electron chi connectivity index (χ3n) is 6.32. The van der Waals surface area contributed by atoms with Crippen molar-refractivity contribution in [1.29, 1.82) is 0 Å². The smallest absolute Gasteiger partial charge is 0.318 e. The van der Waals surface area contributed by atoms with Gasteiger partial charge in [0.25, 0.3) is 0 Å². The Morgan fingerprint density at radius 2 is 1.78 bits per heavy atom. The number of carbonyl (C=O) groups excluding carboxylic acids is 2. The van der Waals surface area contributed by atoms with Crippen LogP contribution in [0.3, 0.4) is 0 Å². The van der Waals surface area contributed by atoms with E-state index in [0.717, 1.165) is 22.4 Å². The molecule has 1 aromatic heterocycles. The Morgan fingerprint density at radius 1 is 1.06 bits per heavy atom. The molecule has 1 unspecified atom stereocenters. The number of hydrogen-bond acceptors (Lipinski definition) is 6. The minimum absolute atomic E-state index is 0.249. The second-order valence-electron chi connectivity index (χ2n) is 8.49. The van der Waals surface area contributed by atoms with Crippen LogP contribution >= 0.6 is 0 Å². The third-order valence-corrected chi connectivity index (χ3v) is 6.32. The molecule has 2 atom stereocenters. The molecule has 36 heavy (non-hydrogen) atoms. The number of carbonyl (C=O) groups is 2. The zero-order chi connectivity index (χ0) is 25.7. The number of ether oxygens (including phenoxy) is 3. The van der Waals surface area contributed by atoms with Crippen molar-refractivity contribution in [3.8, 4) is 17.2 Å². The van der Waals surface area contributed by atoms with E-state index < -0.39 is 12.1 Å². The van der Waals surface area contributed by atoms with Crippen molar-refractivity contribution in [2.45, 2.75) is 32.0 Å². The van der Waals surface area contributed by atoms with Gasteiger partial charge in [-0.05, 0) is 66.4 Å². The molecule has 4 rings (SSSR count). The summed E-state index contributed by atoms with van der Waals surface area (Å²) in [5, 5.41) is 5.63. The van der Waals surface area contributed by atoms with Crippen LogP contribution in [-0.2, 0) is 17.8 Å². The maximum absolute atomic E-state index is 13.5. The third kappa shape index (κ3) is 5.25. The van der Waals surface area contributed by atoms with Crippen molar-refractivity contribution in [3.05, 3.63) is 77.2 Å². The molecule has 0 bridgehead atoms. The van der Waals surface area contributed by atoms with Crippen molar-refractivity contribution in [1.82, 2.24) is 15.5 Å². The van der Waals surface area contributed by atoms with E-state index >= 15 is 0 Å². The van der Waals surface area contributed by atoms with Crippen LogP contribution in [0.15, 0.2) is 59.2 Å². The highest BCUT2D eigenvalue weighted by atomic mass is 16.5. The Balaban J connectivity index is 1.59. The van der Waals surface area contributed by atoms with Crippen molar-refractivity contribution in [2.75, 3.05) is 27.9 Å². The lowest BCUT2D eigenvalue weighted by Crippen LogP contribution is -2.52. The van der Waals surface area contributed by atoms with Crippen LogP contribution in [0, 0.1) is 0 Å². The first-order chi connectivity index (χ1) is 17.4. The summed E-state index contributed by atoms with van der Waals surface area (Å²) in [5.74, 6) is 2.29. The average molecular weight is 494 g/mol. The highest BCUT2D eigenvalue weighted by molar-refractivity contribution is 5.87. The number of rotatable bonds is 8. The molecule has 0 aliphatic carbocycles. The minimum atomic E-state index is -0.740. The largest absolute Gasteiger partial charge is 0.497 e. The van der Waals surface area contributed by atoms with Gasteiger partial charge in [-0.2, -0.15) is 0 Å². The van der Waals surface area contributed by atoms with E-state index in [9.17, 15) is 9.59 Å². The van der Waals surface area contributed by atoms with Gasteiger partial charge in [-0.1, -0.05) is 12.1 Å². The van der Waals surface area contributed by atoms with Crippen LogP contribution in [0.2, 0.25) is 0 Å². The van der Waals surface area contributed by atoms with E-state index in [-0.39, 0.29) is 18.5 Å². The van der Waals surface area contributed by atoms with Gasteiger partial charge in [-0.25, -0.2) is 4.79 Å². The molecular weight excluding hydrogens is 462 g/mol. The summed E-state index contributed by atoms with van der Waals surface area (Å²) in [4.78, 5) is 27.8. The second kappa shape index (κ2) is 11.1. The SMILES string of the molecule is COc1ccc(C2c3cc(OC)c(OC)cc3CCN2C(=O)N[C@@H](C)C(=O)NCc2ccco2)cc1. The first-order valence-electron chi connectivity index (χ1n) is 11.7. The van der Waals surface area contributed by atoms with Gasteiger partial charge in [0.05, 0.1) is 40.2 Å². The molecule has 9 heteroatoms. The topological polar surface area (TPSA) is 102 Å². The fraction of sp³-hybridized carbons (Fsp3) is 0.333. The lowest BCUT2D eigenvalue weighted by Gasteiger charge is -2.38. The quantitative estimate of drug-likeness (QED) is 0.497. The number of fused-ring (bicyclic) bond motifs is 1. The van der Waals surface area contributed by atoms with E-state index in [1.54, 1.807) is 51.5 Å². The van der Waals surface area contributed by atoms with E-state index in [4.69, 9.17) is 18.6 Å². The maximum Gasteiger partial charge on any atom is 0.318 e. The summed E-state index contributed by atoms with van der Waals surface area (Å²) in [6.07, 6.45) is 2.18. The summed E-state index contributed by atoms with van der Waals surface area (Å²) in [7, 11) is 4.80. The van der Waals surface area contributed by atoms with E-state index in [1.165, 1.54) is 0 Å². The zero-order valence-electron chi connectivity index (χ0n) is 20.9. The van der Waals surface area contributed by atoms with Gasteiger partial charge in [0, 0.05) is 6.54 Å². The minimum Gasteiger partial charge on any atom is -0.497 e. The summed E-state index contributed by atoms with van der Waals surface area (Å²) < 4.78 is 21.6. The van der Waals surface area contributed by atoms with E-state index in [1.807, 2.05) is 36.4 Å². The number of urea groups is 1. The van der Waals surface area contributed by atoms with Gasteiger partial charge < -0.3 is 34.2 Å². The highest BCUT2D eigenvalue weighted by Gasteiger charge is 2.34. The monoisotopic (exact) mass is 493 g/mol. The molecule has 2 N–H and O–H groups in total. The van der Waals surface area contributed by atoms with E-state index in [0.29, 0.717) is 30.2 Å². The lowest BCUT2D eigenvalue weighted by atomic mass is 9.87. The molecule has 0 spiro atoms. The lowest BCUT2D eigenvalue weighted by molar-refractivity contribution is -0.122. The summed E-state index contributed by atoms with van der Waals surface area (Å²) in [5.41, 5.74) is 2.92. The van der Waals surface area contributed by atoms with Gasteiger partial charge in [-0.3, -0.25) is 4.79 Å². The molecule has 9 nitrogen and oxygen atoms in total. The number of amides is 3. The van der Waals surface area contributed by atoms with Gasteiger partial charge in [0.2, 0.25) is 5.91 Å². The van der Waals surface area contributed by atoms with Gasteiger partial charge in [0.15, 0.2) is 11.5 Å². The molecular formula is C27H31N3O6. The Bertz CT molecular complexity index is 1190. The average Bonchev–Trinajstić information content (AvgIpc) is 3.43. The van der Waals surface area contributed by atoms with Gasteiger partial charge >= 0.3 is 6.03 Å². The molecule has 2 aromatic carbocycles. The van der Waals surface area contributed by atoms with Crippen molar-refractivity contribution < 1.29 is 28.2 Å². The van der Waals surface area contributed by atoms with Crippen molar-refractivity contribution in [3.63, 3.8) is 0 Å². The molecule has 1 aliphatic heterocycles. The number of hydrogen-bond donors (Lipinski definition) is 2. The standard InChI is InChI=1S/C27H31N3O6/c1-17(26(31)28-16-21-6-5-13-36-21)29-27(32)30-12-11-19-14-23(34-3)24(35-4)15-22(19)25(30)18-7-9-20(33-2)10-8-18/h5-10,13-15,17,25H,11-12,16H2,1-4H3,(H,28,31)(H,29,32)/t17-,25?/m0/s1. The number of furan rings is 1. The van der Waals surface area contributed by atoms with Crippen LogP contribution in [0.5, 0.6) is 17.2 Å². The van der Waals surface area contributed by atoms with Crippen LogP contribution in [0.4, 0.5) is 4.79 Å². The summed E-state index contributed by atoms with van der Waals surface area (Å²) in [6.45, 7) is 2.37.